The maximum atomic E-state index is 12.2. The van der Waals surface area contributed by atoms with Crippen molar-refractivity contribution in [3.63, 3.8) is 0 Å². The molecular formula is C11H19N5O4S. The van der Waals surface area contributed by atoms with Gasteiger partial charge in [-0.25, -0.2) is 9.71 Å². The molecule has 1 atom stereocenters. The zero-order chi connectivity index (χ0) is 15.3. The summed E-state index contributed by atoms with van der Waals surface area (Å²) in [6, 6.07) is -0.967. The Hall–Kier alpha value is -1.52. The molecule has 1 fully saturated rings. The van der Waals surface area contributed by atoms with Gasteiger partial charge in [0.05, 0.1) is 0 Å². The minimum Gasteiger partial charge on any atom is -0.480 e. The zero-order valence-electron chi connectivity index (χ0n) is 11.5. The number of carboxylic acid groups (broad SMARTS) is 1. The first kappa shape index (κ1) is 15.9. The Labute approximate surface area is 122 Å². The van der Waals surface area contributed by atoms with E-state index in [1.165, 1.54) is 6.33 Å². The molecule has 1 unspecified atom stereocenters. The highest BCUT2D eigenvalue weighted by Crippen LogP contribution is 2.19. The third kappa shape index (κ3) is 4.22. The van der Waals surface area contributed by atoms with E-state index in [0.717, 1.165) is 10.7 Å². The van der Waals surface area contributed by atoms with Crippen molar-refractivity contribution < 1.29 is 18.3 Å². The lowest BCUT2D eigenvalue weighted by atomic mass is 10.1. The molecule has 1 aromatic rings. The molecule has 0 aromatic carbocycles. The number of aliphatic carboxylic acids is 1. The normalized spacial score (nSPS) is 20.5. The van der Waals surface area contributed by atoms with Crippen molar-refractivity contribution in [1.82, 2.24) is 24.2 Å². The number of nitrogens with zero attached hydrogens (tertiary/aromatic N) is 3. The summed E-state index contributed by atoms with van der Waals surface area (Å²) in [6.45, 7) is 0.472. The molecule has 1 saturated heterocycles. The first-order chi connectivity index (χ1) is 10.0. The molecular weight excluding hydrogens is 298 g/mol. The maximum Gasteiger partial charge on any atom is 0.322 e. The van der Waals surface area contributed by atoms with Gasteiger partial charge in [0.15, 0.2) is 0 Å². The third-order valence-electron chi connectivity index (χ3n) is 3.39. The van der Waals surface area contributed by atoms with E-state index < -0.39 is 22.2 Å². The number of rotatable bonds is 7. The number of hydrogen-bond donors (Lipinski definition) is 3. The quantitative estimate of drug-likeness (QED) is 0.582. The number of aromatic amines is 1. The first-order valence-electron chi connectivity index (χ1n) is 6.84. The van der Waals surface area contributed by atoms with Crippen LogP contribution < -0.4 is 4.72 Å². The Morgan fingerprint density at radius 3 is 3.00 bits per heavy atom. The second-order valence-corrected chi connectivity index (χ2v) is 6.60. The van der Waals surface area contributed by atoms with Crippen molar-refractivity contribution in [3.05, 3.63) is 12.2 Å². The van der Waals surface area contributed by atoms with Gasteiger partial charge in [-0.15, -0.1) is 0 Å². The van der Waals surface area contributed by atoms with Crippen LogP contribution in [0.15, 0.2) is 6.33 Å². The van der Waals surface area contributed by atoms with Crippen molar-refractivity contribution in [2.45, 2.75) is 38.1 Å². The van der Waals surface area contributed by atoms with Crippen LogP contribution in [0.1, 0.15) is 31.5 Å². The molecule has 0 amide bonds. The number of H-pyrrole nitrogens is 1. The van der Waals surface area contributed by atoms with Crippen LogP contribution in [0.2, 0.25) is 0 Å². The molecule has 1 aromatic heterocycles. The van der Waals surface area contributed by atoms with Gasteiger partial charge >= 0.3 is 5.97 Å². The SMILES string of the molecule is O=C(O)C1CCCCN1S(=O)(=O)NCCCc1ncn[nH]1. The number of carbonyl (C=O) groups is 1. The van der Waals surface area contributed by atoms with E-state index >= 15 is 0 Å². The molecule has 0 radical (unpaired) electrons. The lowest BCUT2D eigenvalue weighted by Crippen LogP contribution is -2.52. The lowest BCUT2D eigenvalue weighted by Gasteiger charge is -2.31. The number of nitrogens with one attached hydrogen (secondary N) is 2. The predicted octanol–water partition coefficient (Wildman–Crippen LogP) is -0.489. The highest BCUT2D eigenvalue weighted by atomic mass is 32.2. The third-order valence-corrected chi connectivity index (χ3v) is 5.01. The molecule has 3 N–H and O–H groups in total. The summed E-state index contributed by atoms with van der Waals surface area (Å²) in [7, 11) is -3.76. The van der Waals surface area contributed by atoms with Crippen LogP contribution in [0.25, 0.3) is 0 Å². The second kappa shape index (κ2) is 6.96. The fourth-order valence-electron chi connectivity index (χ4n) is 2.33. The molecule has 0 spiro atoms. The van der Waals surface area contributed by atoms with Gasteiger partial charge < -0.3 is 5.11 Å². The van der Waals surface area contributed by atoms with Gasteiger partial charge in [0.1, 0.15) is 18.2 Å². The number of aryl methyl sites for hydroxylation is 1. The van der Waals surface area contributed by atoms with Crippen molar-refractivity contribution in [3.8, 4) is 0 Å². The summed E-state index contributed by atoms with van der Waals surface area (Å²) in [5.74, 6) is -0.405. The van der Waals surface area contributed by atoms with Gasteiger partial charge in [-0.3, -0.25) is 9.89 Å². The van der Waals surface area contributed by atoms with Crippen LogP contribution in [0.5, 0.6) is 0 Å². The van der Waals surface area contributed by atoms with Crippen molar-refractivity contribution in [2.75, 3.05) is 13.1 Å². The van der Waals surface area contributed by atoms with E-state index in [-0.39, 0.29) is 13.1 Å². The molecule has 0 aliphatic carbocycles. The summed E-state index contributed by atoms with van der Waals surface area (Å²) in [5, 5.41) is 15.5. The Morgan fingerprint density at radius 1 is 1.52 bits per heavy atom. The average molecular weight is 317 g/mol. The van der Waals surface area contributed by atoms with E-state index in [1.54, 1.807) is 0 Å². The molecule has 1 aliphatic rings. The van der Waals surface area contributed by atoms with Crippen molar-refractivity contribution in [2.24, 2.45) is 0 Å². The van der Waals surface area contributed by atoms with Crippen LogP contribution >= 0.6 is 0 Å². The van der Waals surface area contributed by atoms with Gasteiger partial charge in [0.25, 0.3) is 10.2 Å². The summed E-state index contributed by atoms with van der Waals surface area (Å²) in [6.07, 6.45) is 4.29. The van der Waals surface area contributed by atoms with Crippen LogP contribution in [-0.2, 0) is 21.4 Å². The summed E-state index contributed by atoms with van der Waals surface area (Å²) in [4.78, 5) is 15.1. The Balaban J connectivity index is 1.86. The first-order valence-corrected chi connectivity index (χ1v) is 8.28. The number of carboxylic acids is 1. The standard InChI is InChI=1S/C11H19N5O4S/c17-11(18)9-4-1-2-7-16(9)21(19,20)14-6-3-5-10-12-8-13-15-10/h8-9,14H,1-7H2,(H,17,18)(H,12,13,15). The molecule has 2 rings (SSSR count). The molecule has 10 heteroatoms. The largest absolute Gasteiger partial charge is 0.480 e. The fourth-order valence-corrected chi connectivity index (χ4v) is 3.80. The van der Waals surface area contributed by atoms with Crippen LogP contribution in [0, 0.1) is 0 Å². The van der Waals surface area contributed by atoms with Gasteiger partial charge in [0, 0.05) is 19.5 Å². The Kier molecular flexibility index (Phi) is 5.26. The maximum absolute atomic E-state index is 12.2. The highest BCUT2D eigenvalue weighted by molar-refractivity contribution is 7.87. The van der Waals surface area contributed by atoms with Gasteiger partial charge in [0.2, 0.25) is 0 Å². The van der Waals surface area contributed by atoms with E-state index in [9.17, 15) is 13.2 Å². The van der Waals surface area contributed by atoms with Crippen LogP contribution in [0.3, 0.4) is 0 Å². The number of piperidine rings is 1. The highest BCUT2D eigenvalue weighted by Gasteiger charge is 2.36. The molecule has 2 heterocycles. The summed E-state index contributed by atoms with van der Waals surface area (Å²) in [5.41, 5.74) is 0. The summed E-state index contributed by atoms with van der Waals surface area (Å²) < 4.78 is 27.9. The van der Waals surface area contributed by atoms with E-state index in [1.807, 2.05) is 0 Å². The monoisotopic (exact) mass is 317 g/mol. The number of hydrogen-bond acceptors (Lipinski definition) is 5. The predicted molar refractivity (Wildman–Crippen MR) is 73.6 cm³/mol. The van der Waals surface area contributed by atoms with Gasteiger partial charge in [-0.2, -0.15) is 17.8 Å². The van der Waals surface area contributed by atoms with Crippen LogP contribution in [0.4, 0.5) is 0 Å². The lowest BCUT2D eigenvalue weighted by molar-refractivity contribution is -0.142. The van der Waals surface area contributed by atoms with Gasteiger partial charge in [-0.05, 0) is 25.7 Å². The Bertz CT molecular complexity index is 559. The van der Waals surface area contributed by atoms with Crippen LogP contribution in [-0.4, -0.2) is 58.1 Å². The zero-order valence-corrected chi connectivity index (χ0v) is 12.3. The van der Waals surface area contributed by atoms with Crippen molar-refractivity contribution in [1.29, 1.82) is 0 Å². The van der Waals surface area contributed by atoms with Crippen molar-refractivity contribution >= 4 is 16.2 Å². The minimum absolute atomic E-state index is 0.228. The molecule has 118 valence electrons. The Morgan fingerprint density at radius 2 is 2.33 bits per heavy atom. The second-order valence-electron chi connectivity index (χ2n) is 4.90. The van der Waals surface area contributed by atoms with E-state index in [4.69, 9.17) is 5.11 Å². The van der Waals surface area contributed by atoms with Gasteiger partial charge in [-0.1, -0.05) is 0 Å². The summed E-state index contributed by atoms with van der Waals surface area (Å²) >= 11 is 0. The molecule has 0 saturated carbocycles. The molecule has 0 bridgehead atoms. The van der Waals surface area contributed by atoms with E-state index in [0.29, 0.717) is 31.5 Å². The number of aromatic nitrogens is 3. The molecule has 1 aliphatic heterocycles. The topological polar surface area (TPSA) is 128 Å². The molecule has 21 heavy (non-hydrogen) atoms. The fraction of sp³-hybridized carbons (Fsp3) is 0.727. The minimum atomic E-state index is -3.76. The molecule has 9 nitrogen and oxygen atoms in total. The van der Waals surface area contributed by atoms with E-state index in [2.05, 4.69) is 19.9 Å². The average Bonchev–Trinajstić information content (AvgIpc) is 2.97. The smallest absolute Gasteiger partial charge is 0.322 e.